The lowest BCUT2D eigenvalue weighted by atomic mass is 10.2. The van der Waals surface area contributed by atoms with Gasteiger partial charge in [-0.15, -0.1) is 6.58 Å². The van der Waals surface area contributed by atoms with E-state index in [0.717, 1.165) is 38.3 Å². The van der Waals surface area contributed by atoms with Crippen LogP contribution in [0.3, 0.4) is 0 Å². The van der Waals surface area contributed by atoms with Gasteiger partial charge in [0.2, 0.25) is 5.88 Å². The quantitative estimate of drug-likeness (QED) is 0.579. The first-order valence-electron chi connectivity index (χ1n) is 8.02. The zero-order chi connectivity index (χ0) is 17.2. The van der Waals surface area contributed by atoms with Crippen molar-refractivity contribution in [2.75, 3.05) is 59.8 Å². The molecule has 0 fully saturated rings. The minimum absolute atomic E-state index is 0.0758. The highest BCUT2D eigenvalue weighted by Crippen LogP contribution is 2.15. The maximum atomic E-state index is 6.08. The Hall–Kier alpha value is -1.66. The Labute approximate surface area is 140 Å². The Morgan fingerprint density at radius 2 is 1.91 bits per heavy atom. The van der Waals surface area contributed by atoms with Crippen LogP contribution in [0.2, 0.25) is 0 Å². The first kappa shape index (κ1) is 19.4. The van der Waals surface area contributed by atoms with Gasteiger partial charge in [0.1, 0.15) is 6.10 Å². The van der Waals surface area contributed by atoms with E-state index >= 15 is 0 Å². The van der Waals surface area contributed by atoms with Gasteiger partial charge >= 0.3 is 0 Å². The van der Waals surface area contributed by atoms with Crippen molar-refractivity contribution in [3.05, 3.63) is 25.0 Å². The SMILES string of the molecule is C=CCCC(CN(C)CCN(C)C)Oc1cncc(N(C)C)n1. The Morgan fingerprint density at radius 3 is 2.52 bits per heavy atom. The average molecular weight is 321 g/mol. The van der Waals surface area contributed by atoms with E-state index in [1.165, 1.54) is 0 Å². The van der Waals surface area contributed by atoms with Crippen molar-refractivity contribution in [3.8, 4) is 5.88 Å². The van der Waals surface area contributed by atoms with Gasteiger partial charge in [-0.1, -0.05) is 6.08 Å². The molecule has 0 radical (unpaired) electrons. The van der Waals surface area contributed by atoms with Gasteiger partial charge < -0.3 is 19.4 Å². The van der Waals surface area contributed by atoms with Crippen molar-refractivity contribution in [2.45, 2.75) is 18.9 Å². The molecule has 23 heavy (non-hydrogen) atoms. The zero-order valence-electron chi connectivity index (χ0n) is 15.2. The van der Waals surface area contributed by atoms with Crippen LogP contribution < -0.4 is 9.64 Å². The van der Waals surface area contributed by atoms with Gasteiger partial charge in [0.15, 0.2) is 5.82 Å². The number of rotatable bonds is 11. The Kier molecular flexibility index (Phi) is 8.58. The molecule has 130 valence electrons. The lowest BCUT2D eigenvalue weighted by Gasteiger charge is -2.25. The molecular formula is C17H31N5O. The summed E-state index contributed by atoms with van der Waals surface area (Å²) in [7, 11) is 10.2. The van der Waals surface area contributed by atoms with Crippen LogP contribution in [0.1, 0.15) is 12.8 Å². The number of hydrogen-bond acceptors (Lipinski definition) is 6. The van der Waals surface area contributed by atoms with Crippen molar-refractivity contribution in [3.63, 3.8) is 0 Å². The third-order valence-electron chi connectivity index (χ3n) is 3.48. The molecule has 0 amide bonds. The number of ether oxygens (including phenoxy) is 1. The van der Waals surface area contributed by atoms with Crippen LogP contribution in [0.15, 0.2) is 25.0 Å². The van der Waals surface area contributed by atoms with Gasteiger partial charge in [-0.25, -0.2) is 0 Å². The molecule has 1 rings (SSSR count). The van der Waals surface area contributed by atoms with Crippen LogP contribution in [0.5, 0.6) is 5.88 Å². The predicted octanol–water partition coefficient (Wildman–Crippen LogP) is 1.75. The van der Waals surface area contributed by atoms with Gasteiger partial charge in [-0.05, 0) is 34.0 Å². The topological polar surface area (TPSA) is 44.7 Å². The predicted molar refractivity (Wildman–Crippen MR) is 96.3 cm³/mol. The first-order valence-corrected chi connectivity index (χ1v) is 8.02. The number of anilines is 1. The fourth-order valence-electron chi connectivity index (χ4n) is 2.08. The Morgan fingerprint density at radius 1 is 1.17 bits per heavy atom. The van der Waals surface area contributed by atoms with Gasteiger partial charge in [0.25, 0.3) is 0 Å². The van der Waals surface area contributed by atoms with Crippen molar-refractivity contribution < 1.29 is 4.74 Å². The molecule has 0 spiro atoms. The smallest absolute Gasteiger partial charge is 0.234 e. The molecule has 0 saturated carbocycles. The largest absolute Gasteiger partial charge is 0.472 e. The third kappa shape index (κ3) is 7.95. The van der Waals surface area contributed by atoms with E-state index in [1.54, 1.807) is 12.4 Å². The molecule has 0 saturated heterocycles. The van der Waals surface area contributed by atoms with Crippen LogP contribution in [-0.4, -0.2) is 80.7 Å². The number of hydrogen-bond donors (Lipinski definition) is 0. The van der Waals surface area contributed by atoms with Crippen LogP contribution in [-0.2, 0) is 0 Å². The maximum Gasteiger partial charge on any atom is 0.234 e. The lowest BCUT2D eigenvalue weighted by Crippen LogP contribution is -2.37. The zero-order valence-corrected chi connectivity index (χ0v) is 15.2. The summed E-state index contributed by atoms with van der Waals surface area (Å²) >= 11 is 0. The fourth-order valence-corrected chi connectivity index (χ4v) is 2.08. The van der Waals surface area contributed by atoms with Crippen LogP contribution in [0.4, 0.5) is 5.82 Å². The Balaban J connectivity index is 2.66. The summed E-state index contributed by atoms with van der Waals surface area (Å²) in [6.07, 6.45) is 7.25. The highest BCUT2D eigenvalue weighted by atomic mass is 16.5. The van der Waals surface area contributed by atoms with E-state index in [4.69, 9.17) is 4.74 Å². The molecular weight excluding hydrogens is 290 g/mol. The molecule has 1 atom stereocenters. The van der Waals surface area contributed by atoms with E-state index in [0.29, 0.717) is 5.88 Å². The summed E-state index contributed by atoms with van der Waals surface area (Å²) in [6, 6.07) is 0. The maximum absolute atomic E-state index is 6.08. The summed E-state index contributed by atoms with van der Waals surface area (Å²) in [6.45, 7) is 6.69. The first-order chi connectivity index (χ1) is 10.9. The second kappa shape index (κ2) is 10.2. The molecule has 1 heterocycles. The monoisotopic (exact) mass is 321 g/mol. The third-order valence-corrected chi connectivity index (χ3v) is 3.48. The number of nitrogens with zero attached hydrogens (tertiary/aromatic N) is 5. The molecule has 0 aliphatic heterocycles. The van der Waals surface area contributed by atoms with Crippen molar-refractivity contribution in [1.29, 1.82) is 0 Å². The lowest BCUT2D eigenvalue weighted by molar-refractivity contribution is 0.130. The van der Waals surface area contributed by atoms with Crippen LogP contribution in [0.25, 0.3) is 0 Å². The molecule has 0 aliphatic carbocycles. The van der Waals surface area contributed by atoms with Gasteiger partial charge in [0.05, 0.1) is 12.4 Å². The molecule has 0 N–H and O–H groups in total. The summed E-state index contributed by atoms with van der Waals surface area (Å²) < 4.78 is 6.08. The second-order valence-corrected chi connectivity index (χ2v) is 6.28. The second-order valence-electron chi connectivity index (χ2n) is 6.28. The van der Waals surface area contributed by atoms with E-state index < -0.39 is 0 Å². The van der Waals surface area contributed by atoms with Crippen molar-refractivity contribution >= 4 is 5.82 Å². The van der Waals surface area contributed by atoms with Crippen LogP contribution >= 0.6 is 0 Å². The molecule has 0 aliphatic rings. The molecule has 0 bridgehead atoms. The molecule has 1 unspecified atom stereocenters. The fraction of sp³-hybridized carbons (Fsp3) is 0.647. The van der Waals surface area contributed by atoms with Gasteiger partial charge in [-0.3, -0.25) is 4.98 Å². The van der Waals surface area contributed by atoms with Crippen molar-refractivity contribution in [2.24, 2.45) is 0 Å². The number of likely N-dealkylation sites (N-methyl/N-ethyl adjacent to an activating group) is 2. The molecule has 1 aromatic heterocycles. The van der Waals surface area contributed by atoms with Crippen molar-refractivity contribution in [1.82, 2.24) is 19.8 Å². The summed E-state index contributed by atoms with van der Waals surface area (Å²) in [5.74, 6) is 1.37. The molecule has 6 heteroatoms. The highest BCUT2D eigenvalue weighted by Gasteiger charge is 2.14. The summed E-state index contributed by atoms with van der Waals surface area (Å²) in [5, 5.41) is 0. The summed E-state index contributed by atoms with van der Waals surface area (Å²) in [5.41, 5.74) is 0. The van der Waals surface area contributed by atoms with Gasteiger partial charge in [-0.2, -0.15) is 4.98 Å². The average Bonchev–Trinajstić information content (AvgIpc) is 2.50. The van der Waals surface area contributed by atoms with Gasteiger partial charge in [0, 0.05) is 33.7 Å². The molecule has 6 nitrogen and oxygen atoms in total. The standard InChI is InChI=1S/C17H31N5O/c1-7-8-9-15(14-22(6)11-10-20(2)3)23-17-13-18-12-16(19-17)21(4)5/h7,12-13,15H,1,8-11,14H2,2-6H3. The van der Waals surface area contributed by atoms with E-state index in [9.17, 15) is 0 Å². The van der Waals surface area contributed by atoms with E-state index in [2.05, 4.69) is 47.5 Å². The van der Waals surface area contributed by atoms with E-state index in [-0.39, 0.29) is 6.10 Å². The van der Waals surface area contributed by atoms with E-state index in [1.807, 2.05) is 25.1 Å². The minimum atomic E-state index is 0.0758. The molecule has 0 aromatic carbocycles. The normalized spacial score (nSPS) is 12.5. The number of aromatic nitrogens is 2. The van der Waals surface area contributed by atoms with Crippen LogP contribution in [0, 0.1) is 0 Å². The Bertz CT molecular complexity index is 464. The number of allylic oxidation sites excluding steroid dienone is 1. The minimum Gasteiger partial charge on any atom is -0.472 e. The summed E-state index contributed by atoms with van der Waals surface area (Å²) in [4.78, 5) is 15.1. The molecule has 1 aromatic rings. The highest BCUT2D eigenvalue weighted by molar-refractivity contribution is 5.34.